The van der Waals surface area contributed by atoms with E-state index in [2.05, 4.69) is 63.6 Å². The van der Waals surface area contributed by atoms with Gasteiger partial charge in [0.2, 0.25) is 0 Å². The lowest BCUT2D eigenvalue weighted by molar-refractivity contribution is -0.137. The van der Waals surface area contributed by atoms with Gasteiger partial charge >= 0.3 is 0 Å². The summed E-state index contributed by atoms with van der Waals surface area (Å²) in [6, 6.07) is 8.56. The molecular weight excluding hydrogens is 408 g/mol. The van der Waals surface area contributed by atoms with E-state index in [1.165, 1.54) is 5.69 Å². The number of benzene rings is 1. The Bertz CT molecular complexity index is 753. The number of anilines is 1. The van der Waals surface area contributed by atoms with Gasteiger partial charge in [-0.15, -0.1) is 0 Å². The topological polar surface area (TPSA) is 57.7 Å². The Balaban J connectivity index is 0.000000156. The second-order valence-corrected chi connectivity index (χ2v) is 8.63. The van der Waals surface area contributed by atoms with Gasteiger partial charge in [-0.2, -0.15) is 0 Å². The molecule has 0 spiro atoms. The number of rotatable bonds is 2. The van der Waals surface area contributed by atoms with Crippen molar-refractivity contribution in [3.63, 3.8) is 0 Å². The lowest BCUT2D eigenvalue weighted by atomic mass is 9.76. The van der Waals surface area contributed by atoms with Crippen LogP contribution in [0.2, 0.25) is 0 Å². The van der Waals surface area contributed by atoms with Crippen molar-refractivity contribution < 1.29 is 14.4 Å². The van der Waals surface area contributed by atoms with Gasteiger partial charge in [0.15, 0.2) is 5.78 Å². The molecule has 0 amide bonds. The number of hydrogen-bond acceptors (Lipinski definition) is 5. The minimum Gasteiger partial charge on any atom is -0.369 e. The predicted molar refractivity (Wildman–Crippen MR) is 109 cm³/mol. The van der Waals surface area contributed by atoms with E-state index in [4.69, 9.17) is 0 Å². The molecule has 1 saturated heterocycles. The third-order valence-corrected chi connectivity index (χ3v) is 6.28. The van der Waals surface area contributed by atoms with Crippen molar-refractivity contribution in [2.45, 2.75) is 19.3 Å². The fourth-order valence-corrected chi connectivity index (χ4v) is 4.33. The Labute approximate surface area is 168 Å². The Hall–Kier alpha value is -1.79. The molecule has 2 bridgehead atoms. The number of hydrogen-bond donors (Lipinski definition) is 0. The number of allylic oxidation sites excluding steroid dienone is 1. The molecule has 1 heterocycles. The summed E-state index contributed by atoms with van der Waals surface area (Å²) in [5.41, 5.74) is 0.774. The summed E-state index contributed by atoms with van der Waals surface area (Å²) in [5, 5.41) is 0. The summed E-state index contributed by atoms with van der Waals surface area (Å²) in [6.07, 6.45) is 1.61. The minimum absolute atomic E-state index is 0.00958. The van der Waals surface area contributed by atoms with Crippen LogP contribution in [0.1, 0.15) is 19.3 Å². The summed E-state index contributed by atoms with van der Waals surface area (Å²) in [5.74, 6) is -0.271. The third kappa shape index (κ3) is 4.22. The summed E-state index contributed by atoms with van der Waals surface area (Å²) < 4.78 is 1.15. The van der Waals surface area contributed by atoms with Gasteiger partial charge in [0.1, 0.15) is 12.1 Å². The second kappa shape index (κ2) is 8.07. The molecule has 4 rings (SSSR count). The number of Topliss-reactive ketones (excluding diaryl/α,β-unsaturated/α-hetero) is 2. The van der Waals surface area contributed by atoms with Crippen LogP contribution in [-0.4, -0.2) is 56.0 Å². The van der Waals surface area contributed by atoms with E-state index < -0.39 is 5.41 Å². The molecule has 6 heteroatoms. The Morgan fingerprint density at radius 3 is 2.37 bits per heavy atom. The van der Waals surface area contributed by atoms with E-state index in [9.17, 15) is 14.4 Å². The van der Waals surface area contributed by atoms with Gasteiger partial charge in [-0.3, -0.25) is 9.59 Å². The van der Waals surface area contributed by atoms with Crippen molar-refractivity contribution in [3.05, 3.63) is 40.9 Å². The molecule has 144 valence electrons. The highest BCUT2D eigenvalue weighted by atomic mass is 79.9. The van der Waals surface area contributed by atoms with Crippen LogP contribution in [-0.2, 0) is 14.4 Å². The maximum atomic E-state index is 11.6. The number of carbonyl (C=O) groups excluding carboxylic acids is 3. The predicted octanol–water partition coefficient (Wildman–Crippen LogP) is 2.88. The number of nitrogens with zero attached hydrogens (tertiary/aromatic N) is 2. The van der Waals surface area contributed by atoms with Crippen molar-refractivity contribution in [2.75, 3.05) is 38.1 Å². The first kappa shape index (κ1) is 20.0. The van der Waals surface area contributed by atoms with Gasteiger partial charge in [0, 0.05) is 49.2 Å². The average Bonchev–Trinajstić information content (AvgIpc) is 2.84. The lowest BCUT2D eigenvalue weighted by Gasteiger charge is -2.34. The van der Waals surface area contributed by atoms with Crippen LogP contribution in [0, 0.1) is 11.3 Å². The molecule has 1 aromatic rings. The number of fused-ring (bicyclic) bond motifs is 2. The zero-order chi connectivity index (χ0) is 19.6. The van der Waals surface area contributed by atoms with Gasteiger partial charge < -0.3 is 14.6 Å². The monoisotopic (exact) mass is 432 g/mol. The first-order valence-electron chi connectivity index (χ1n) is 9.25. The standard InChI is InChI=1S/C11H15BrN2.C10H10O3/c1-13-6-8-14(9-7-13)11-4-2-10(12)3-5-11;1-6-7-2-8(12)4-10(3-7,5-11)9(6)13/h2-5H,6-9H2,1H3;5,7H,1-4H2. The Morgan fingerprint density at radius 1 is 1.15 bits per heavy atom. The zero-order valence-electron chi connectivity index (χ0n) is 15.6. The van der Waals surface area contributed by atoms with Crippen molar-refractivity contribution in [1.29, 1.82) is 0 Å². The number of piperazine rings is 1. The SMILES string of the molecule is C=C1C(=O)C2(C=O)CC(=O)CC1C2.CN1CCN(c2ccc(Br)cc2)CC1. The molecule has 3 fully saturated rings. The summed E-state index contributed by atoms with van der Waals surface area (Å²) in [7, 11) is 2.18. The zero-order valence-corrected chi connectivity index (χ0v) is 17.2. The highest BCUT2D eigenvalue weighted by Crippen LogP contribution is 2.48. The molecule has 5 nitrogen and oxygen atoms in total. The highest BCUT2D eigenvalue weighted by Gasteiger charge is 2.53. The third-order valence-electron chi connectivity index (χ3n) is 5.75. The second-order valence-electron chi connectivity index (χ2n) is 7.72. The molecule has 0 radical (unpaired) electrons. The number of aldehydes is 1. The smallest absolute Gasteiger partial charge is 0.172 e. The van der Waals surface area contributed by atoms with Gasteiger partial charge in [-0.25, -0.2) is 0 Å². The van der Waals surface area contributed by atoms with Crippen molar-refractivity contribution in [3.8, 4) is 0 Å². The van der Waals surface area contributed by atoms with Gasteiger partial charge in [0.05, 0.1) is 5.41 Å². The van der Waals surface area contributed by atoms with Crippen molar-refractivity contribution >= 4 is 39.5 Å². The van der Waals surface area contributed by atoms with Crippen LogP contribution in [0.4, 0.5) is 5.69 Å². The molecule has 2 aliphatic carbocycles. The summed E-state index contributed by atoms with van der Waals surface area (Å²) in [6.45, 7) is 8.24. The van der Waals surface area contributed by atoms with Crippen LogP contribution in [0.3, 0.4) is 0 Å². The molecule has 0 aromatic heterocycles. The van der Waals surface area contributed by atoms with E-state index in [-0.39, 0.29) is 23.9 Å². The lowest BCUT2D eigenvalue weighted by Crippen LogP contribution is -2.44. The normalized spacial score (nSPS) is 28.0. The molecule has 2 saturated carbocycles. The van der Waals surface area contributed by atoms with Gasteiger partial charge in [-0.1, -0.05) is 22.5 Å². The molecule has 2 unspecified atom stereocenters. The van der Waals surface area contributed by atoms with Crippen LogP contribution in [0.5, 0.6) is 0 Å². The molecule has 1 aliphatic heterocycles. The van der Waals surface area contributed by atoms with E-state index in [1.54, 1.807) is 0 Å². The average molecular weight is 433 g/mol. The maximum Gasteiger partial charge on any atom is 0.172 e. The van der Waals surface area contributed by atoms with Gasteiger partial charge in [0.25, 0.3) is 0 Å². The quantitative estimate of drug-likeness (QED) is 0.408. The van der Waals surface area contributed by atoms with Crippen LogP contribution < -0.4 is 4.90 Å². The van der Waals surface area contributed by atoms with Crippen LogP contribution in [0.15, 0.2) is 40.9 Å². The number of halogens is 1. The first-order valence-corrected chi connectivity index (χ1v) is 10.0. The molecule has 1 aromatic carbocycles. The highest BCUT2D eigenvalue weighted by molar-refractivity contribution is 9.10. The largest absolute Gasteiger partial charge is 0.369 e. The first-order chi connectivity index (χ1) is 12.8. The fraction of sp³-hybridized carbons (Fsp3) is 0.476. The fourth-order valence-electron chi connectivity index (χ4n) is 4.07. The van der Waals surface area contributed by atoms with Crippen molar-refractivity contribution in [2.24, 2.45) is 11.3 Å². The van der Waals surface area contributed by atoms with Gasteiger partial charge in [-0.05, 0) is 49.2 Å². The molecule has 0 N–H and O–H groups in total. The minimum atomic E-state index is -1.03. The van der Waals surface area contributed by atoms with Crippen LogP contribution >= 0.6 is 15.9 Å². The van der Waals surface area contributed by atoms with E-state index >= 15 is 0 Å². The molecule has 2 atom stereocenters. The van der Waals surface area contributed by atoms with E-state index in [0.717, 1.165) is 30.7 Å². The maximum absolute atomic E-state index is 11.6. The van der Waals surface area contributed by atoms with E-state index in [0.29, 0.717) is 24.7 Å². The molecular formula is C21H25BrN2O3. The van der Waals surface area contributed by atoms with Crippen molar-refractivity contribution in [1.82, 2.24) is 4.90 Å². The van der Waals surface area contributed by atoms with E-state index in [1.807, 2.05) is 0 Å². The number of carbonyl (C=O) groups is 3. The Morgan fingerprint density at radius 2 is 1.78 bits per heavy atom. The summed E-state index contributed by atoms with van der Waals surface area (Å²) >= 11 is 3.45. The summed E-state index contributed by atoms with van der Waals surface area (Å²) in [4.78, 5) is 38.5. The molecule has 27 heavy (non-hydrogen) atoms. The molecule has 3 aliphatic rings. The Kier molecular flexibility index (Phi) is 5.96. The number of ketones is 2. The number of likely N-dealkylation sites (N-methyl/N-ethyl adjacent to an activating group) is 1. The van der Waals surface area contributed by atoms with Crippen LogP contribution in [0.25, 0.3) is 0 Å².